The van der Waals surface area contributed by atoms with Gasteiger partial charge in [0.2, 0.25) is 0 Å². The van der Waals surface area contributed by atoms with Crippen LogP contribution in [-0.2, 0) is 9.53 Å². The van der Waals surface area contributed by atoms with Crippen molar-refractivity contribution >= 4 is 5.97 Å². The van der Waals surface area contributed by atoms with Gasteiger partial charge in [0, 0.05) is 0 Å². The first-order chi connectivity index (χ1) is 5.39. The molecule has 0 aromatic carbocycles. The van der Waals surface area contributed by atoms with Crippen molar-refractivity contribution in [1.82, 2.24) is 0 Å². The van der Waals surface area contributed by atoms with Gasteiger partial charge in [-0.15, -0.1) is 0 Å². The molecular weight excluding hydrogens is 158 g/mol. The molecular formula is C8H17NO3. The number of carboxylic acid groups (broad SMARTS) is 1. The van der Waals surface area contributed by atoms with E-state index in [9.17, 15) is 4.79 Å². The van der Waals surface area contributed by atoms with E-state index in [2.05, 4.69) is 0 Å². The van der Waals surface area contributed by atoms with Crippen molar-refractivity contribution in [2.75, 3.05) is 6.61 Å². The Labute approximate surface area is 72.7 Å². The Balaban J connectivity index is 3.75. The highest BCUT2D eigenvalue weighted by Gasteiger charge is 2.19. The van der Waals surface area contributed by atoms with Crippen molar-refractivity contribution in [3.8, 4) is 0 Å². The number of aliphatic carboxylic acids is 1. The van der Waals surface area contributed by atoms with Gasteiger partial charge >= 0.3 is 5.97 Å². The molecule has 0 radical (unpaired) electrons. The largest absolute Gasteiger partial charge is 0.480 e. The number of carboxylic acids is 1. The van der Waals surface area contributed by atoms with Crippen LogP contribution in [0, 0.1) is 0 Å². The van der Waals surface area contributed by atoms with Gasteiger partial charge in [-0.2, -0.15) is 0 Å². The number of hydrogen-bond donors (Lipinski definition) is 2. The fourth-order valence-corrected chi connectivity index (χ4v) is 0.489. The predicted octanol–water partition coefficient (Wildman–Crippen LogP) is 0.603. The van der Waals surface area contributed by atoms with Crippen molar-refractivity contribution in [3.63, 3.8) is 0 Å². The van der Waals surface area contributed by atoms with Gasteiger partial charge in [0.1, 0.15) is 6.04 Å². The average Bonchev–Trinajstić information content (AvgIpc) is 2.00. The highest BCUT2D eigenvalue weighted by Crippen LogP contribution is 2.13. The summed E-state index contributed by atoms with van der Waals surface area (Å²) in [5.41, 5.74) is 4.97. The Hall–Kier alpha value is -0.610. The maximum Gasteiger partial charge on any atom is 0.322 e. The summed E-state index contributed by atoms with van der Waals surface area (Å²) in [7, 11) is 0. The molecule has 0 aliphatic rings. The van der Waals surface area contributed by atoms with E-state index in [1.54, 1.807) is 0 Å². The van der Waals surface area contributed by atoms with Crippen LogP contribution in [0.5, 0.6) is 0 Å². The molecule has 0 aliphatic heterocycles. The number of hydrogen-bond acceptors (Lipinski definition) is 3. The summed E-state index contributed by atoms with van der Waals surface area (Å²) in [5.74, 6) is -1.03. The van der Waals surface area contributed by atoms with Gasteiger partial charge in [-0.05, 0) is 20.3 Å². The second-order valence-electron chi connectivity index (χ2n) is 3.37. The van der Waals surface area contributed by atoms with Crippen LogP contribution in [0.3, 0.4) is 0 Å². The molecule has 4 heteroatoms. The second-order valence-corrected chi connectivity index (χ2v) is 3.37. The quantitative estimate of drug-likeness (QED) is 0.642. The highest BCUT2D eigenvalue weighted by molar-refractivity contribution is 5.73. The van der Waals surface area contributed by atoms with E-state index in [0.717, 1.165) is 6.42 Å². The lowest BCUT2D eigenvalue weighted by Crippen LogP contribution is -2.38. The number of nitrogens with two attached hydrogens (primary N) is 1. The fourth-order valence-electron chi connectivity index (χ4n) is 0.489. The van der Waals surface area contributed by atoms with E-state index in [0.29, 0.717) is 0 Å². The molecule has 0 amide bonds. The van der Waals surface area contributed by atoms with Crippen LogP contribution in [0.25, 0.3) is 0 Å². The van der Waals surface area contributed by atoms with Crippen LogP contribution in [0.2, 0.25) is 0 Å². The molecule has 3 N–H and O–H groups in total. The summed E-state index contributed by atoms with van der Waals surface area (Å²) in [4.78, 5) is 10.3. The first-order valence-corrected chi connectivity index (χ1v) is 4.01. The summed E-state index contributed by atoms with van der Waals surface area (Å²) >= 11 is 0. The van der Waals surface area contributed by atoms with Crippen molar-refractivity contribution in [3.05, 3.63) is 0 Å². The Kier molecular flexibility index (Phi) is 4.20. The second kappa shape index (κ2) is 4.42. The van der Waals surface area contributed by atoms with E-state index in [-0.39, 0.29) is 12.2 Å². The molecule has 0 fully saturated rings. The molecule has 4 nitrogen and oxygen atoms in total. The molecule has 0 aliphatic carbocycles. The van der Waals surface area contributed by atoms with E-state index in [1.807, 2.05) is 20.8 Å². The van der Waals surface area contributed by atoms with E-state index >= 15 is 0 Å². The highest BCUT2D eigenvalue weighted by atomic mass is 16.5. The minimum absolute atomic E-state index is 0.0656. The number of carbonyl (C=O) groups is 1. The third kappa shape index (κ3) is 4.31. The first-order valence-electron chi connectivity index (χ1n) is 4.01. The molecule has 1 unspecified atom stereocenters. The van der Waals surface area contributed by atoms with Crippen LogP contribution >= 0.6 is 0 Å². The molecule has 1 atom stereocenters. The van der Waals surface area contributed by atoms with Gasteiger partial charge in [0.25, 0.3) is 0 Å². The van der Waals surface area contributed by atoms with Crippen molar-refractivity contribution < 1.29 is 14.6 Å². The fraction of sp³-hybridized carbons (Fsp3) is 0.875. The smallest absolute Gasteiger partial charge is 0.322 e. The molecule has 12 heavy (non-hydrogen) atoms. The Bertz CT molecular complexity index is 156. The lowest BCUT2D eigenvalue weighted by Gasteiger charge is -2.24. The minimum Gasteiger partial charge on any atom is -0.480 e. The molecule has 0 saturated carbocycles. The molecule has 0 aromatic rings. The van der Waals surface area contributed by atoms with Crippen LogP contribution in [0.1, 0.15) is 27.2 Å². The lowest BCUT2D eigenvalue weighted by molar-refractivity contribution is -0.141. The SMILES string of the molecule is CCC(C)(C)OCC(N)C(=O)O. The maximum atomic E-state index is 10.3. The average molecular weight is 175 g/mol. The van der Waals surface area contributed by atoms with Crippen molar-refractivity contribution in [1.29, 1.82) is 0 Å². The zero-order valence-electron chi connectivity index (χ0n) is 7.83. The van der Waals surface area contributed by atoms with Crippen LogP contribution < -0.4 is 5.73 Å². The molecule has 72 valence electrons. The molecule has 0 aromatic heterocycles. The van der Waals surface area contributed by atoms with Crippen LogP contribution in [-0.4, -0.2) is 29.3 Å². The van der Waals surface area contributed by atoms with Crippen LogP contribution in [0.4, 0.5) is 0 Å². The lowest BCUT2D eigenvalue weighted by atomic mass is 10.1. The van der Waals surface area contributed by atoms with Gasteiger partial charge in [-0.3, -0.25) is 4.79 Å². The van der Waals surface area contributed by atoms with Gasteiger partial charge in [-0.1, -0.05) is 6.92 Å². The van der Waals surface area contributed by atoms with Gasteiger partial charge in [-0.25, -0.2) is 0 Å². The summed E-state index contributed by atoms with van der Waals surface area (Å²) in [6.07, 6.45) is 0.833. The summed E-state index contributed by atoms with van der Waals surface area (Å²) < 4.78 is 5.30. The zero-order chi connectivity index (χ0) is 9.78. The van der Waals surface area contributed by atoms with Gasteiger partial charge in [0.05, 0.1) is 12.2 Å². The molecule has 0 rings (SSSR count). The molecule has 0 bridgehead atoms. The predicted molar refractivity (Wildman–Crippen MR) is 45.9 cm³/mol. The summed E-state index contributed by atoms with van der Waals surface area (Å²) in [5, 5.41) is 8.45. The van der Waals surface area contributed by atoms with E-state index in [1.165, 1.54) is 0 Å². The van der Waals surface area contributed by atoms with Gasteiger partial charge < -0.3 is 15.6 Å². The third-order valence-corrected chi connectivity index (χ3v) is 1.82. The topological polar surface area (TPSA) is 72.5 Å². The Morgan fingerprint density at radius 2 is 2.17 bits per heavy atom. The Morgan fingerprint density at radius 3 is 2.50 bits per heavy atom. The molecule has 0 heterocycles. The van der Waals surface area contributed by atoms with E-state index in [4.69, 9.17) is 15.6 Å². The first kappa shape index (κ1) is 11.4. The monoisotopic (exact) mass is 175 g/mol. The number of rotatable bonds is 5. The third-order valence-electron chi connectivity index (χ3n) is 1.82. The maximum absolute atomic E-state index is 10.3. The summed E-state index contributed by atoms with van der Waals surface area (Å²) in [6.45, 7) is 5.85. The summed E-state index contributed by atoms with van der Waals surface area (Å²) in [6, 6.07) is -0.921. The molecule has 0 saturated heterocycles. The zero-order valence-corrected chi connectivity index (χ0v) is 7.83. The number of ether oxygens (including phenoxy) is 1. The van der Waals surface area contributed by atoms with Crippen molar-refractivity contribution in [2.24, 2.45) is 5.73 Å². The molecule has 0 spiro atoms. The Morgan fingerprint density at radius 1 is 1.67 bits per heavy atom. The van der Waals surface area contributed by atoms with Crippen molar-refractivity contribution in [2.45, 2.75) is 38.8 Å². The van der Waals surface area contributed by atoms with Crippen LogP contribution in [0.15, 0.2) is 0 Å². The minimum atomic E-state index is -1.03. The van der Waals surface area contributed by atoms with E-state index < -0.39 is 12.0 Å². The van der Waals surface area contributed by atoms with Gasteiger partial charge in [0.15, 0.2) is 0 Å². The normalized spacial score (nSPS) is 14.3. The standard InChI is InChI=1S/C8H17NO3/c1-4-8(2,3)12-5-6(9)7(10)11/h6H,4-5,9H2,1-3H3,(H,10,11).